The van der Waals surface area contributed by atoms with Crippen LogP contribution in [0.25, 0.3) is 0 Å². The van der Waals surface area contributed by atoms with Crippen LogP contribution >= 0.6 is 0 Å². The van der Waals surface area contributed by atoms with Crippen LogP contribution in [0.2, 0.25) is 0 Å². The molecular weight excluding hydrogens is 240 g/mol. The minimum atomic E-state index is -0.00681. The van der Waals surface area contributed by atoms with Gasteiger partial charge in [0.25, 0.3) is 0 Å². The van der Waals surface area contributed by atoms with E-state index in [1.165, 1.54) is 0 Å². The van der Waals surface area contributed by atoms with Crippen LogP contribution in [-0.2, 0) is 4.79 Å². The van der Waals surface area contributed by atoms with Crippen molar-refractivity contribution < 1.29 is 9.53 Å². The van der Waals surface area contributed by atoms with E-state index in [-0.39, 0.29) is 18.1 Å². The first-order chi connectivity index (χ1) is 8.93. The molecule has 0 saturated carbocycles. The molecule has 0 fully saturated rings. The monoisotopic (exact) mass is 264 g/mol. The maximum Gasteiger partial charge on any atom is 0.234 e. The van der Waals surface area contributed by atoms with Gasteiger partial charge in [0.2, 0.25) is 5.91 Å². The standard InChI is InChI=1S/C15H24N2O2/c1-10(2)19-14-7-6-13(8-11(14)3)12(4)17-15(18)9-16-5/h6-8,10,12,16H,9H2,1-5H3,(H,17,18). The summed E-state index contributed by atoms with van der Waals surface area (Å²) in [6.07, 6.45) is 0.164. The van der Waals surface area contributed by atoms with E-state index < -0.39 is 0 Å². The van der Waals surface area contributed by atoms with Gasteiger partial charge in [0.05, 0.1) is 18.7 Å². The van der Waals surface area contributed by atoms with Crippen molar-refractivity contribution in [2.45, 2.75) is 39.8 Å². The van der Waals surface area contributed by atoms with Crippen molar-refractivity contribution in [3.8, 4) is 5.75 Å². The summed E-state index contributed by atoms with van der Waals surface area (Å²) in [7, 11) is 1.76. The number of benzene rings is 1. The largest absolute Gasteiger partial charge is 0.491 e. The molecule has 1 rings (SSSR count). The fourth-order valence-electron chi connectivity index (χ4n) is 1.86. The van der Waals surface area contributed by atoms with Gasteiger partial charge in [-0.3, -0.25) is 4.79 Å². The number of rotatable bonds is 6. The summed E-state index contributed by atoms with van der Waals surface area (Å²) in [5, 5.41) is 5.78. The van der Waals surface area contributed by atoms with Crippen LogP contribution in [0.5, 0.6) is 5.75 Å². The van der Waals surface area contributed by atoms with Crippen molar-refractivity contribution in [1.82, 2.24) is 10.6 Å². The first kappa shape index (κ1) is 15.5. The smallest absolute Gasteiger partial charge is 0.234 e. The molecule has 0 spiro atoms. The third-order valence-electron chi connectivity index (χ3n) is 2.78. The van der Waals surface area contributed by atoms with Crippen LogP contribution in [0, 0.1) is 6.92 Å². The molecule has 0 heterocycles. The van der Waals surface area contributed by atoms with E-state index in [2.05, 4.69) is 16.7 Å². The van der Waals surface area contributed by atoms with E-state index >= 15 is 0 Å². The van der Waals surface area contributed by atoms with Crippen LogP contribution in [0.1, 0.15) is 37.9 Å². The highest BCUT2D eigenvalue weighted by atomic mass is 16.5. The molecule has 0 aromatic heterocycles. The van der Waals surface area contributed by atoms with Crippen LogP contribution < -0.4 is 15.4 Å². The number of amides is 1. The van der Waals surface area contributed by atoms with Crippen molar-refractivity contribution in [2.75, 3.05) is 13.6 Å². The van der Waals surface area contributed by atoms with Gasteiger partial charge in [-0.2, -0.15) is 0 Å². The molecule has 2 N–H and O–H groups in total. The van der Waals surface area contributed by atoms with Gasteiger partial charge in [0.1, 0.15) is 5.75 Å². The van der Waals surface area contributed by atoms with Gasteiger partial charge in [-0.25, -0.2) is 0 Å². The predicted octanol–water partition coefficient (Wildman–Crippen LogP) is 2.18. The van der Waals surface area contributed by atoms with Gasteiger partial charge >= 0.3 is 0 Å². The third kappa shape index (κ3) is 4.91. The Kier molecular flexibility index (Phi) is 5.83. The zero-order chi connectivity index (χ0) is 14.4. The first-order valence-electron chi connectivity index (χ1n) is 6.65. The molecule has 4 heteroatoms. The van der Waals surface area contributed by atoms with E-state index in [0.29, 0.717) is 6.54 Å². The van der Waals surface area contributed by atoms with Gasteiger partial charge in [0, 0.05) is 0 Å². The molecular formula is C15H24N2O2. The number of aryl methyl sites for hydroxylation is 1. The summed E-state index contributed by atoms with van der Waals surface area (Å²) in [6, 6.07) is 6.01. The molecule has 1 amide bonds. The molecule has 0 aliphatic rings. The highest BCUT2D eigenvalue weighted by Crippen LogP contribution is 2.23. The highest BCUT2D eigenvalue weighted by molar-refractivity contribution is 5.78. The molecule has 1 unspecified atom stereocenters. The maximum atomic E-state index is 11.5. The Labute approximate surface area is 115 Å². The fraction of sp³-hybridized carbons (Fsp3) is 0.533. The number of nitrogens with one attached hydrogen (secondary N) is 2. The summed E-state index contributed by atoms with van der Waals surface area (Å²) < 4.78 is 5.70. The van der Waals surface area contributed by atoms with E-state index in [1.54, 1.807) is 7.05 Å². The Morgan fingerprint density at radius 3 is 2.53 bits per heavy atom. The first-order valence-corrected chi connectivity index (χ1v) is 6.65. The lowest BCUT2D eigenvalue weighted by atomic mass is 10.0. The Balaban J connectivity index is 2.74. The fourth-order valence-corrected chi connectivity index (χ4v) is 1.86. The lowest BCUT2D eigenvalue weighted by Crippen LogP contribution is -2.33. The minimum absolute atomic E-state index is 0.00448. The van der Waals surface area contributed by atoms with E-state index in [0.717, 1.165) is 16.9 Å². The predicted molar refractivity (Wildman–Crippen MR) is 77.4 cm³/mol. The summed E-state index contributed by atoms with van der Waals surface area (Å²) in [6.45, 7) is 8.34. The SMILES string of the molecule is CNCC(=O)NC(C)c1ccc(OC(C)C)c(C)c1. The summed E-state index contributed by atoms with van der Waals surface area (Å²) in [4.78, 5) is 11.5. The summed E-state index contributed by atoms with van der Waals surface area (Å²) in [5.74, 6) is 0.891. The van der Waals surface area contributed by atoms with Gasteiger partial charge < -0.3 is 15.4 Å². The van der Waals surface area contributed by atoms with Crippen LogP contribution in [0.4, 0.5) is 0 Å². The second kappa shape index (κ2) is 7.14. The van der Waals surface area contributed by atoms with Gasteiger partial charge in [-0.05, 0) is 51.9 Å². The topological polar surface area (TPSA) is 50.4 Å². The Hall–Kier alpha value is -1.55. The third-order valence-corrected chi connectivity index (χ3v) is 2.78. The molecule has 4 nitrogen and oxygen atoms in total. The molecule has 0 aliphatic carbocycles. The molecule has 0 bridgehead atoms. The minimum Gasteiger partial charge on any atom is -0.491 e. The summed E-state index contributed by atoms with van der Waals surface area (Å²) >= 11 is 0. The average Bonchev–Trinajstić information content (AvgIpc) is 2.31. The summed E-state index contributed by atoms with van der Waals surface area (Å²) in [5.41, 5.74) is 2.17. The quantitative estimate of drug-likeness (QED) is 0.828. The zero-order valence-corrected chi connectivity index (χ0v) is 12.4. The van der Waals surface area contributed by atoms with Crippen molar-refractivity contribution in [2.24, 2.45) is 0 Å². The number of hydrogen-bond acceptors (Lipinski definition) is 3. The molecule has 0 saturated heterocycles. The molecule has 1 atom stereocenters. The lowest BCUT2D eigenvalue weighted by Gasteiger charge is -2.17. The number of likely N-dealkylation sites (N-methyl/N-ethyl adjacent to an activating group) is 1. The lowest BCUT2D eigenvalue weighted by molar-refractivity contribution is -0.120. The molecule has 0 radical (unpaired) electrons. The average molecular weight is 264 g/mol. The van der Waals surface area contributed by atoms with E-state index in [4.69, 9.17) is 4.74 Å². The van der Waals surface area contributed by atoms with Crippen LogP contribution in [0.3, 0.4) is 0 Å². The number of carbonyl (C=O) groups is 1. The molecule has 1 aromatic carbocycles. The molecule has 19 heavy (non-hydrogen) atoms. The molecule has 0 aliphatic heterocycles. The highest BCUT2D eigenvalue weighted by Gasteiger charge is 2.11. The second-order valence-electron chi connectivity index (χ2n) is 5.01. The Morgan fingerprint density at radius 1 is 1.32 bits per heavy atom. The second-order valence-corrected chi connectivity index (χ2v) is 5.01. The van der Waals surface area contributed by atoms with Crippen molar-refractivity contribution in [1.29, 1.82) is 0 Å². The Bertz CT molecular complexity index is 430. The van der Waals surface area contributed by atoms with Gasteiger partial charge in [0.15, 0.2) is 0 Å². The molecule has 106 valence electrons. The number of ether oxygens (including phenoxy) is 1. The van der Waals surface area contributed by atoms with Crippen molar-refractivity contribution in [3.63, 3.8) is 0 Å². The number of carbonyl (C=O) groups excluding carboxylic acids is 1. The van der Waals surface area contributed by atoms with E-state index in [9.17, 15) is 4.79 Å². The van der Waals surface area contributed by atoms with Crippen LogP contribution in [0.15, 0.2) is 18.2 Å². The van der Waals surface area contributed by atoms with E-state index in [1.807, 2.05) is 39.8 Å². The Morgan fingerprint density at radius 2 is 2.00 bits per heavy atom. The van der Waals surface area contributed by atoms with Crippen LogP contribution in [-0.4, -0.2) is 25.6 Å². The normalized spacial score (nSPS) is 12.3. The van der Waals surface area contributed by atoms with Crippen molar-refractivity contribution in [3.05, 3.63) is 29.3 Å². The van der Waals surface area contributed by atoms with Gasteiger partial charge in [-0.1, -0.05) is 12.1 Å². The van der Waals surface area contributed by atoms with Crippen molar-refractivity contribution >= 4 is 5.91 Å². The number of hydrogen-bond donors (Lipinski definition) is 2. The van der Waals surface area contributed by atoms with Gasteiger partial charge in [-0.15, -0.1) is 0 Å². The zero-order valence-electron chi connectivity index (χ0n) is 12.4. The maximum absolute atomic E-state index is 11.5. The molecule has 1 aromatic rings.